The first-order valence-electron chi connectivity index (χ1n) is 5.42. The summed E-state index contributed by atoms with van der Waals surface area (Å²) in [6.45, 7) is 4.17. The number of aliphatic imine (C=N–C) groups is 1. The number of benzene rings is 2. The highest BCUT2D eigenvalue weighted by Gasteiger charge is 1.92. The van der Waals surface area contributed by atoms with Crippen LogP contribution in [-0.2, 0) is 0 Å². The lowest BCUT2D eigenvalue weighted by Gasteiger charge is -1.98. The van der Waals surface area contributed by atoms with Gasteiger partial charge < -0.3 is 0 Å². The van der Waals surface area contributed by atoms with E-state index in [1.807, 2.05) is 30.5 Å². The largest absolute Gasteiger partial charge is 0.256 e. The van der Waals surface area contributed by atoms with Gasteiger partial charge in [0, 0.05) is 6.21 Å². The van der Waals surface area contributed by atoms with Crippen LogP contribution in [0.5, 0.6) is 0 Å². The average Bonchev–Trinajstić information content (AvgIpc) is 2.30. The molecule has 1 nitrogen and oxygen atoms in total. The van der Waals surface area contributed by atoms with Crippen LogP contribution in [-0.4, -0.2) is 6.21 Å². The Bertz CT molecular complexity index is 495. The van der Waals surface area contributed by atoms with Crippen LogP contribution in [0.4, 0.5) is 5.69 Å². The highest BCUT2D eigenvalue weighted by atomic mass is 14.7. The Kier molecular flexibility index (Phi) is 3.16. The molecule has 0 aliphatic rings. The van der Waals surface area contributed by atoms with Crippen molar-refractivity contribution in [3.8, 4) is 0 Å². The lowest BCUT2D eigenvalue weighted by Crippen LogP contribution is -1.84. The van der Waals surface area contributed by atoms with E-state index in [0.29, 0.717) is 0 Å². The highest BCUT2D eigenvalue weighted by molar-refractivity contribution is 5.83. The molecule has 0 aromatic heterocycles. The van der Waals surface area contributed by atoms with Crippen LogP contribution in [0.25, 0.3) is 0 Å². The minimum atomic E-state index is 0.994. The van der Waals surface area contributed by atoms with Crippen LogP contribution in [0.15, 0.2) is 53.5 Å². The van der Waals surface area contributed by atoms with Crippen LogP contribution < -0.4 is 0 Å². The molecule has 2 aromatic rings. The smallest absolute Gasteiger partial charge is 0.0630 e. The number of hydrogen-bond acceptors (Lipinski definition) is 1. The summed E-state index contributed by atoms with van der Waals surface area (Å²) in [6.07, 6.45) is 1.92. The molecule has 1 heteroatoms. The Labute approximate surface area is 96.5 Å². The molecular weight excluding hydrogens is 194 g/mol. The second kappa shape index (κ2) is 4.75. The fourth-order valence-corrected chi connectivity index (χ4v) is 1.51. The normalized spacial score (nSPS) is 10.9. The van der Waals surface area contributed by atoms with Gasteiger partial charge in [-0.2, -0.15) is 0 Å². The Morgan fingerprint density at radius 3 is 2.25 bits per heavy atom. The van der Waals surface area contributed by atoms with E-state index >= 15 is 0 Å². The van der Waals surface area contributed by atoms with E-state index in [0.717, 1.165) is 5.69 Å². The summed E-state index contributed by atoms with van der Waals surface area (Å²) in [5, 5.41) is 0. The minimum Gasteiger partial charge on any atom is -0.256 e. The number of hydrogen-bond donors (Lipinski definition) is 0. The molecule has 0 unspecified atom stereocenters. The molecule has 80 valence electrons. The van der Waals surface area contributed by atoms with Crippen molar-refractivity contribution >= 4 is 11.9 Å². The minimum absolute atomic E-state index is 0.994. The third kappa shape index (κ3) is 2.57. The maximum atomic E-state index is 4.45. The Balaban J connectivity index is 2.21. The quantitative estimate of drug-likeness (QED) is 0.661. The zero-order valence-corrected chi connectivity index (χ0v) is 9.64. The lowest BCUT2D eigenvalue weighted by atomic mass is 10.1. The molecule has 0 bridgehead atoms. The van der Waals surface area contributed by atoms with Gasteiger partial charge in [0.1, 0.15) is 0 Å². The molecule has 0 radical (unpaired) electrons. The standard InChI is InChI=1S/C15H15N/c1-12-7-9-15(10-8-12)16-11-14-6-4-3-5-13(14)2/h3-11H,1-2H3. The zero-order chi connectivity index (χ0) is 11.4. The van der Waals surface area contributed by atoms with E-state index in [1.54, 1.807) is 0 Å². The zero-order valence-electron chi connectivity index (χ0n) is 9.64. The van der Waals surface area contributed by atoms with E-state index in [9.17, 15) is 0 Å². The summed E-state index contributed by atoms with van der Waals surface area (Å²) in [5.41, 5.74) is 4.67. The van der Waals surface area contributed by atoms with Gasteiger partial charge >= 0.3 is 0 Å². The Morgan fingerprint density at radius 2 is 1.56 bits per heavy atom. The van der Waals surface area contributed by atoms with Gasteiger partial charge in [0.05, 0.1) is 5.69 Å². The molecule has 2 aromatic carbocycles. The molecule has 2 rings (SSSR count). The SMILES string of the molecule is Cc1ccc(N=Cc2ccccc2C)cc1. The predicted molar refractivity (Wildman–Crippen MR) is 69.6 cm³/mol. The van der Waals surface area contributed by atoms with Gasteiger partial charge in [-0.1, -0.05) is 42.0 Å². The molecule has 0 aliphatic carbocycles. The van der Waals surface area contributed by atoms with Crippen molar-refractivity contribution in [1.82, 2.24) is 0 Å². The maximum absolute atomic E-state index is 4.45. The van der Waals surface area contributed by atoms with Crippen LogP contribution in [0.3, 0.4) is 0 Å². The molecule has 0 saturated carbocycles. The van der Waals surface area contributed by atoms with Gasteiger partial charge in [-0.3, -0.25) is 4.99 Å². The Hall–Kier alpha value is -1.89. The van der Waals surface area contributed by atoms with Crippen LogP contribution in [0.1, 0.15) is 16.7 Å². The van der Waals surface area contributed by atoms with Crippen molar-refractivity contribution in [2.75, 3.05) is 0 Å². The van der Waals surface area contributed by atoms with Crippen LogP contribution in [0.2, 0.25) is 0 Å². The molecule has 0 fully saturated rings. The van der Waals surface area contributed by atoms with Crippen LogP contribution in [0, 0.1) is 13.8 Å². The molecule has 0 heterocycles. The summed E-state index contributed by atoms with van der Waals surface area (Å²) < 4.78 is 0. The van der Waals surface area contributed by atoms with Crippen molar-refractivity contribution in [1.29, 1.82) is 0 Å². The number of nitrogens with zero attached hydrogens (tertiary/aromatic N) is 1. The molecule has 0 spiro atoms. The fraction of sp³-hybridized carbons (Fsp3) is 0.133. The molecule has 0 atom stereocenters. The Morgan fingerprint density at radius 1 is 0.875 bits per heavy atom. The van der Waals surface area contributed by atoms with Crippen LogP contribution >= 0.6 is 0 Å². The van der Waals surface area contributed by atoms with Crippen molar-refractivity contribution in [2.45, 2.75) is 13.8 Å². The number of aryl methyl sites for hydroxylation is 2. The average molecular weight is 209 g/mol. The first kappa shape index (κ1) is 10.6. The summed E-state index contributed by atoms with van der Waals surface area (Å²) in [5.74, 6) is 0. The summed E-state index contributed by atoms with van der Waals surface area (Å²) in [4.78, 5) is 4.45. The molecule has 0 aliphatic heterocycles. The third-order valence-electron chi connectivity index (χ3n) is 2.58. The van der Waals surface area contributed by atoms with E-state index in [4.69, 9.17) is 0 Å². The van der Waals surface area contributed by atoms with Crippen molar-refractivity contribution < 1.29 is 0 Å². The summed E-state index contributed by atoms with van der Waals surface area (Å²) in [7, 11) is 0. The molecule has 0 saturated heterocycles. The van der Waals surface area contributed by atoms with Gasteiger partial charge in [-0.05, 0) is 37.1 Å². The topological polar surface area (TPSA) is 12.4 Å². The van der Waals surface area contributed by atoms with Crippen molar-refractivity contribution in [2.24, 2.45) is 4.99 Å². The lowest BCUT2D eigenvalue weighted by molar-refractivity contribution is 1.42. The molecular formula is C15H15N. The monoisotopic (exact) mass is 209 g/mol. The second-order valence-corrected chi connectivity index (χ2v) is 3.95. The van der Waals surface area contributed by atoms with Gasteiger partial charge in [-0.15, -0.1) is 0 Å². The second-order valence-electron chi connectivity index (χ2n) is 3.95. The highest BCUT2D eigenvalue weighted by Crippen LogP contribution is 2.13. The molecule has 16 heavy (non-hydrogen) atoms. The fourth-order valence-electron chi connectivity index (χ4n) is 1.51. The summed E-state index contributed by atoms with van der Waals surface area (Å²) >= 11 is 0. The van der Waals surface area contributed by atoms with Gasteiger partial charge in [0.25, 0.3) is 0 Å². The van der Waals surface area contributed by atoms with Gasteiger partial charge in [0.2, 0.25) is 0 Å². The first-order chi connectivity index (χ1) is 7.75. The van der Waals surface area contributed by atoms with Crippen molar-refractivity contribution in [3.63, 3.8) is 0 Å². The van der Waals surface area contributed by atoms with Gasteiger partial charge in [0.15, 0.2) is 0 Å². The molecule has 0 amide bonds. The van der Waals surface area contributed by atoms with Crippen molar-refractivity contribution in [3.05, 3.63) is 65.2 Å². The first-order valence-corrected chi connectivity index (χ1v) is 5.42. The summed E-state index contributed by atoms with van der Waals surface area (Å²) in [6, 6.07) is 16.5. The van der Waals surface area contributed by atoms with Gasteiger partial charge in [-0.25, -0.2) is 0 Å². The van der Waals surface area contributed by atoms with E-state index in [-0.39, 0.29) is 0 Å². The van der Waals surface area contributed by atoms with E-state index in [1.165, 1.54) is 16.7 Å². The van der Waals surface area contributed by atoms with E-state index < -0.39 is 0 Å². The number of rotatable bonds is 2. The third-order valence-corrected chi connectivity index (χ3v) is 2.58. The van der Waals surface area contributed by atoms with E-state index in [2.05, 4.69) is 43.1 Å². The predicted octanol–water partition coefficient (Wildman–Crippen LogP) is 4.05. The maximum Gasteiger partial charge on any atom is 0.0630 e. The molecule has 0 N–H and O–H groups in total.